The van der Waals surface area contributed by atoms with E-state index in [-0.39, 0.29) is 24.7 Å². The quantitative estimate of drug-likeness (QED) is 0.0576. The van der Waals surface area contributed by atoms with Crippen LogP contribution in [0.4, 0.5) is 0 Å². The highest BCUT2D eigenvalue weighted by Gasteiger charge is 2.40. The standard InChI is InChI=1S/2C14H30N2O6Si/c1-5-19-23(20-6-2,21-7-3)10-8-9-16-14(18)12(4)11-13(17)22-15;1-5-19-23(20-6-2,21-7-3)10-8-9-16-13(17)11-12(4)14(18)22-15/h12H,5-11,15H2,1-4H3,(H,16,18);12H,5-11,15H2,1-4H3,(H,16,17)/t2*12-/m11/s1. The molecule has 0 fully saturated rings. The molecule has 6 N–H and O–H groups in total. The molecule has 2 amide bonds. The van der Waals surface area contributed by atoms with E-state index in [9.17, 15) is 19.2 Å². The third-order valence-corrected chi connectivity index (χ3v) is 12.5. The normalized spacial score (nSPS) is 12.7. The molecule has 0 aromatic heterocycles. The highest BCUT2D eigenvalue weighted by Crippen LogP contribution is 2.19. The van der Waals surface area contributed by atoms with Crippen LogP contribution >= 0.6 is 0 Å². The van der Waals surface area contributed by atoms with Crippen molar-refractivity contribution in [1.82, 2.24) is 10.6 Å². The summed E-state index contributed by atoms with van der Waals surface area (Å²) in [6.45, 7) is 18.7. The van der Waals surface area contributed by atoms with Gasteiger partial charge in [0.05, 0.1) is 12.3 Å². The number of carbonyl (C=O) groups excluding carboxylic acids is 4. The van der Waals surface area contributed by atoms with Crippen molar-refractivity contribution >= 4 is 41.4 Å². The van der Waals surface area contributed by atoms with Gasteiger partial charge in [-0.1, -0.05) is 13.8 Å². The van der Waals surface area contributed by atoms with Gasteiger partial charge in [0.25, 0.3) is 0 Å². The lowest BCUT2D eigenvalue weighted by Crippen LogP contribution is -2.46. The van der Waals surface area contributed by atoms with E-state index in [0.29, 0.717) is 77.7 Å². The lowest BCUT2D eigenvalue weighted by molar-refractivity contribution is -0.150. The van der Waals surface area contributed by atoms with Gasteiger partial charge in [-0.25, -0.2) is 0 Å². The van der Waals surface area contributed by atoms with Crippen molar-refractivity contribution < 1.29 is 55.4 Å². The summed E-state index contributed by atoms with van der Waals surface area (Å²) in [6, 6.07) is 1.26. The molecule has 0 heterocycles. The van der Waals surface area contributed by atoms with E-state index >= 15 is 0 Å². The Kier molecular flexibility index (Phi) is 28.1. The zero-order valence-corrected chi connectivity index (χ0v) is 31.1. The molecule has 272 valence electrons. The molecule has 0 rings (SSSR count). The molecule has 0 bridgehead atoms. The molecule has 0 spiro atoms. The molecule has 18 heteroatoms. The Morgan fingerprint density at radius 1 is 0.587 bits per heavy atom. The third-order valence-electron chi connectivity index (χ3n) is 6.19. The maximum atomic E-state index is 11.9. The highest BCUT2D eigenvalue weighted by molar-refractivity contribution is 6.61. The minimum atomic E-state index is -2.67. The largest absolute Gasteiger partial charge is 0.500 e. The minimum absolute atomic E-state index is 0.0426. The van der Waals surface area contributed by atoms with E-state index in [4.69, 9.17) is 38.3 Å². The van der Waals surface area contributed by atoms with E-state index in [1.807, 2.05) is 41.5 Å². The first-order valence-electron chi connectivity index (χ1n) is 16.1. The average molecular weight is 701 g/mol. The lowest BCUT2D eigenvalue weighted by atomic mass is 10.1. The molecular formula is C28H60N4O12Si2. The van der Waals surface area contributed by atoms with Crippen LogP contribution in [0.2, 0.25) is 12.1 Å². The first kappa shape index (κ1) is 46.1. The van der Waals surface area contributed by atoms with Crippen LogP contribution in [0.5, 0.6) is 0 Å². The van der Waals surface area contributed by atoms with Crippen molar-refractivity contribution in [3.8, 4) is 0 Å². The minimum Gasteiger partial charge on any atom is -0.374 e. The summed E-state index contributed by atoms with van der Waals surface area (Å²) in [5, 5.41) is 5.54. The van der Waals surface area contributed by atoms with E-state index in [1.54, 1.807) is 13.8 Å². The molecule has 16 nitrogen and oxygen atoms in total. The van der Waals surface area contributed by atoms with E-state index in [2.05, 4.69) is 20.3 Å². The number of carbonyl (C=O) groups is 4. The van der Waals surface area contributed by atoms with Crippen LogP contribution in [-0.2, 0) is 55.4 Å². The summed E-state index contributed by atoms with van der Waals surface area (Å²) in [4.78, 5) is 53.9. The molecule has 46 heavy (non-hydrogen) atoms. The predicted molar refractivity (Wildman–Crippen MR) is 174 cm³/mol. The Morgan fingerprint density at radius 2 is 0.978 bits per heavy atom. The van der Waals surface area contributed by atoms with Gasteiger partial charge in [0.15, 0.2) is 0 Å². The molecule has 0 saturated carbocycles. The van der Waals surface area contributed by atoms with Crippen molar-refractivity contribution in [3.63, 3.8) is 0 Å². The fourth-order valence-electron chi connectivity index (χ4n) is 4.17. The topological polar surface area (TPSA) is 218 Å². The first-order chi connectivity index (χ1) is 21.9. The molecule has 0 aromatic rings. The molecular weight excluding hydrogens is 640 g/mol. The van der Waals surface area contributed by atoms with Crippen LogP contribution in [0.25, 0.3) is 0 Å². The molecule has 2 atom stereocenters. The van der Waals surface area contributed by atoms with Crippen LogP contribution in [0.3, 0.4) is 0 Å². The summed E-state index contributed by atoms with van der Waals surface area (Å²) in [7, 11) is -5.33. The van der Waals surface area contributed by atoms with Crippen molar-refractivity contribution in [3.05, 3.63) is 0 Å². The van der Waals surface area contributed by atoms with Crippen LogP contribution in [0.15, 0.2) is 0 Å². The van der Waals surface area contributed by atoms with Gasteiger partial charge in [0, 0.05) is 77.2 Å². The summed E-state index contributed by atoms with van der Waals surface area (Å²) in [5.41, 5.74) is 0. The highest BCUT2D eigenvalue weighted by atomic mass is 28.4. The van der Waals surface area contributed by atoms with Crippen LogP contribution in [0.1, 0.15) is 81.1 Å². The number of hydrogen-bond acceptors (Lipinski definition) is 14. The molecule has 0 aromatic carbocycles. The second-order valence-electron chi connectivity index (χ2n) is 9.95. The molecule has 0 aliphatic rings. The fourth-order valence-corrected chi connectivity index (χ4v) is 9.39. The summed E-state index contributed by atoms with van der Waals surface area (Å²) >= 11 is 0. The number of hydrogen-bond donors (Lipinski definition) is 4. The number of amides is 2. The van der Waals surface area contributed by atoms with Gasteiger partial charge in [-0.3, -0.25) is 19.2 Å². The van der Waals surface area contributed by atoms with E-state index in [0.717, 1.165) is 0 Å². The Bertz CT molecular complexity index is 810. The second-order valence-corrected chi connectivity index (χ2v) is 15.4. The van der Waals surface area contributed by atoms with Crippen LogP contribution < -0.4 is 22.4 Å². The van der Waals surface area contributed by atoms with Gasteiger partial charge in [-0.05, 0) is 54.4 Å². The van der Waals surface area contributed by atoms with Crippen molar-refractivity contribution in [2.45, 2.75) is 93.2 Å². The maximum absolute atomic E-state index is 11.9. The Balaban J connectivity index is 0. The van der Waals surface area contributed by atoms with Gasteiger partial charge >= 0.3 is 29.5 Å². The van der Waals surface area contributed by atoms with Gasteiger partial charge in [-0.2, -0.15) is 11.8 Å². The zero-order valence-electron chi connectivity index (χ0n) is 29.1. The summed E-state index contributed by atoms with van der Waals surface area (Å²) in [5.74, 6) is 6.84. The summed E-state index contributed by atoms with van der Waals surface area (Å²) < 4.78 is 34.4. The lowest BCUT2D eigenvalue weighted by Gasteiger charge is -2.28. The van der Waals surface area contributed by atoms with Gasteiger partial charge < -0.3 is 46.9 Å². The molecule has 0 aliphatic carbocycles. The Labute approximate surface area is 276 Å². The number of nitrogens with two attached hydrogens (primary N) is 2. The fraction of sp³-hybridized carbons (Fsp3) is 0.857. The third kappa shape index (κ3) is 21.0. The molecule has 0 aliphatic heterocycles. The van der Waals surface area contributed by atoms with Crippen molar-refractivity contribution in [2.24, 2.45) is 23.6 Å². The molecule has 0 saturated heterocycles. The van der Waals surface area contributed by atoms with Crippen molar-refractivity contribution in [2.75, 3.05) is 52.7 Å². The van der Waals surface area contributed by atoms with Crippen LogP contribution in [0, 0.1) is 11.8 Å². The number of rotatable bonds is 26. The van der Waals surface area contributed by atoms with Gasteiger partial charge in [0.1, 0.15) is 0 Å². The van der Waals surface area contributed by atoms with Gasteiger partial charge in [-0.15, -0.1) is 0 Å². The molecule has 0 radical (unpaired) electrons. The Hall–Kier alpha value is -2.01. The van der Waals surface area contributed by atoms with Gasteiger partial charge in [0.2, 0.25) is 11.8 Å². The number of nitrogens with one attached hydrogen (secondary N) is 2. The van der Waals surface area contributed by atoms with E-state index in [1.165, 1.54) is 0 Å². The Morgan fingerprint density at radius 3 is 1.33 bits per heavy atom. The van der Waals surface area contributed by atoms with Crippen LogP contribution in [-0.4, -0.2) is 94.1 Å². The van der Waals surface area contributed by atoms with Crippen molar-refractivity contribution in [1.29, 1.82) is 0 Å². The average Bonchev–Trinajstić information content (AvgIpc) is 3.01. The summed E-state index contributed by atoms with van der Waals surface area (Å²) in [6.07, 6.45) is 1.35. The monoisotopic (exact) mass is 700 g/mol. The second kappa shape index (κ2) is 28.0. The maximum Gasteiger partial charge on any atom is 0.500 e. The first-order valence-corrected chi connectivity index (χ1v) is 19.9. The molecule has 0 unspecified atom stereocenters. The van der Waals surface area contributed by atoms with E-state index < -0.39 is 41.4 Å². The zero-order chi connectivity index (χ0) is 35.4. The SMILES string of the molecule is CCO[Si](CCCNC(=O)C[C@@H](C)C(=O)ON)(OCC)OCC.CCO[Si](CCCNC(=O)[C@H](C)CC(=O)ON)(OCC)OCC. The smallest absolute Gasteiger partial charge is 0.374 e. The predicted octanol–water partition coefficient (Wildman–Crippen LogP) is 1.97.